The quantitative estimate of drug-likeness (QED) is 0.239. The SMILES string of the molecule is CC(=N)NC1CN(C(=O)[C@@H]2C[C@H](SC3=C(C(=O)O)N4C(=O)[C@H](C(C)O)[C@H]4[C@H]3C)CN2C)C1. The van der Waals surface area contributed by atoms with Crippen molar-refractivity contribution in [3.63, 3.8) is 0 Å². The topological polar surface area (TPSA) is 137 Å². The van der Waals surface area contributed by atoms with Crippen molar-refractivity contribution in [2.45, 2.75) is 56.7 Å². The maximum absolute atomic E-state index is 13.0. The van der Waals surface area contributed by atoms with Crippen LogP contribution in [0.4, 0.5) is 0 Å². The van der Waals surface area contributed by atoms with Gasteiger partial charge in [0.1, 0.15) is 5.70 Å². The van der Waals surface area contributed by atoms with Crippen LogP contribution < -0.4 is 5.32 Å². The molecule has 10 nitrogen and oxygen atoms in total. The number of β-lactam (4-membered cyclic amide) rings is 1. The van der Waals surface area contributed by atoms with E-state index in [4.69, 9.17) is 5.41 Å². The number of amides is 2. The minimum Gasteiger partial charge on any atom is -0.477 e. The molecule has 4 heterocycles. The number of likely N-dealkylation sites (tertiary alicyclic amines) is 2. The Bertz CT molecular complexity index is 886. The number of aliphatic hydroxyl groups is 1. The lowest BCUT2D eigenvalue weighted by Gasteiger charge is -2.46. The van der Waals surface area contributed by atoms with Gasteiger partial charge in [-0.05, 0) is 27.3 Å². The van der Waals surface area contributed by atoms with E-state index in [2.05, 4.69) is 5.32 Å². The van der Waals surface area contributed by atoms with Crippen molar-refractivity contribution in [2.75, 3.05) is 26.7 Å². The number of carboxylic acid groups (broad SMARTS) is 1. The van der Waals surface area contributed by atoms with Crippen LogP contribution in [0.15, 0.2) is 10.6 Å². The number of hydrogen-bond donors (Lipinski definition) is 4. The number of nitrogens with zero attached hydrogens (tertiary/aromatic N) is 3. The second-order valence-corrected chi connectivity index (χ2v) is 10.8. The van der Waals surface area contributed by atoms with Gasteiger partial charge < -0.3 is 25.3 Å². The zero-order valence-corrected chi connectivity index (χ0v) is 19.6. The Morgan fingerprint density at radius 3 is 2.50 bits per heavy atom. The maximum Gasteiger partial charge on any atom is 0.353 e. The number of nitrogens with one attached hydrogen (secondary N) is 2. The lowest BCUT2D eigenvalue weighted by atomic mass is 9.79. The highest BCUT2D eigenvalue weighted by molar-refractivity contribution is 8.03. The molecule has 4 aliphatic rings. The number of carbonyl (C=O) groups is 3. The number of likely N-dealkylation sites (N-methyl/N-ethyl adjacent to an activating group) is 1. The third-order valence-corrected chi connectivity index (χ3v) is 8.51. The van der Waals surface area contributed by atoms with E-state index in [0.717, 1.165) is 0 Å². The second kappa shape index (κ2) is 8.35. The number of hydrogen-bond acceptors (Lipinski definition) is 7. The number of aliphatic hydroxyl groups excluding tert-OH is 1. The molecule has 2 amide bonds. The first-order valence-electron chi connectivity index (χ1n) is 11.0. The van der Waals surface area contributed by atoms with Gasteiger partial charge in [-0.1, -0.05) is 6.92 Å². The molecular weight excluding hydrogens is 434 g/mol. The number of thioether (sulfide) groups is 1. The Labute approximate surface area is 191 Å². The van der Waals surface area contributed by atoms with Crippen LogP contribution in [0.2, 0.25) is 0 Å². The highest BCUT2D eigenvalue weighted by Crippen LogP contribution is 2.52. The first-order valence-corrected chi connectivity index (χ1v) is 11.8. The highest BCUT2D eigenvalue weighted by Gasteiger charge is 2.60. The van der Waals surface area contributed by atoms with Gasteiger partial charge in [-0.3, -0.25) is 19.9 Å². The van der Waals surface area contributed by atoms with Crippen LogP contribution >= 0.6 is 11.8 Å². The molecule has 6 atom stereocenters. The molecule has 4 N–H and O–H groups in total. The van der Waals surface area contributed by atoms with Crippen molar-refractivity contribution in [2.24, 2.45) is 11.8 Å². The molecule has 0 saturated carbocycles. The van der Waals surface area contributed by atoms with Crippen molar-refractivity contribution in [1.82, 2.24) is 20.0 Å². The van der Waals surface area contributed by atoms with E-state index in [-0.39, 0.29) is 46.8 Å². The van der Waals surface area contributed by atoms with E-state index in [1.807, 2.05) is 18.9 Å². The van der Waals surface area contributed by atoms with Gasteiger partial charge in [-0.2, -0.15) is 0 Å². The third kappa shape index (κ3) is 3.69. The molecule has 0 aliphatic carbocycles. The van der Waals surface area contributed by atoms with E-state index in [1.165, 1.54) is 16.7 Å². The summed E-state index contributed by atoms with van der Waals surface area (Å²) in [5.41, 5.74) is 0.0329. The number of carboxylic acids is 1. The van der Waals surface area contributed by atoms with Crippen LogP contribution in [0.1, 0.15) is 27.2 Å². The molecule has 0 bridgehead atoms. The van der Waals surface area contributed by atoms with Gasteiger partial charge in [-0.15, -0.1) is 11.8 Å². The van der Waals surface area contributed by atoms with Crippen LogP contribution in [0.5, 0.6) is 0 Å². The molecule has 4 rings (SSSR count). The summed E-state index contributed by atoms with van der Waals surface area (Å²) < 4.78 is 0. The fourth-order valence-electron chi connectivity index (χ4n) is 5.45. The van der Waals surface area contributed by atoms with Crippen molar-refractivity contribution < 1.29 is 24.6 Å². The van der Waals surface area contributed by atoms with Gasteiger partial charge in [-0.25, -0.2) is 4.79 Å². The van der Waals surface area contributed by atoms with Crippen LogP contribution in [0.3, 0.4) is 0 Å². The first-order chi connectivity index (χ1) is 15.0. The highest BCUT2D eigenvalue weighted by atomic mass is 32.2. The normalized spacial score (nSPS) is 33.7. The molecule has 0 aromatic heterocycles. The lowest BCUT2D eigenvalue weighted by molar-refractivity contribution is -0.163. The summed E-state index contributed by atoms with van der Waals surface area (Å²) in [6.45, 7) is 6.99. The third-order valence-electron chi connectivity index (χ3n) is 7.01. The van der Waals surface area contributed by atoms with Crippen molar-refractivity contribution in [1.29, 1.82) is 5.41 Å². The Balaban J connectivity index is 1.42. The molecule has 0 spiro atoms. The molecule has 32 heavy (non-hydrogen) atoms. The molecule has 0 aromatic carbocycles. The van der Waals surface area contributed by atoms with E-state index in [0.29, 0.717) is 36.8 Å². The fourth-order valence-corrected chi connectivity index (χ4v) is 7.05. The summed E-state index contributed by atoms with van der Waals surface area (Å²) in [5.74, 6) is -1.74. The minimum atomic E-state index is -1.13. The average molecular weight is 466 g/mol. The van der Waals surface area contributed by atoms with Gasteiger partial charge in [0.05, 0.1) is 36.0 Å². The van der Waals surface area contributed by atoms with Gasteiger partial charge in [0, 0.05) is 35.7 Å². The number of aliphatic carboxylic acids is 1. The molecule has 0 aromatic rings. The predicted molar refractivity (Wildman–Crippen MR) is 119 cm³/mol. The average Bonchev–Trinajstić information content (AvgIpc) is 3.13. The van der Waals surface area contributed by atoms with Crippen LogP contribution in [0, 0.1) is 17.2 Å². The summed E-state index contributed by atoms with van der Waals surface area (Å²) in [7, 11) is 1.91. The Kier molecular flexibility index (Phi) is 6.01. The van der Waals surface area contributed by atoms with Gasteiger partial charge in [0.25, 0.3) is 0 Å². The summed E-state index contributed by atoms with van der Waals surface area (Å²) in [6, 6.07) is -0.459. The van der Waals surface area contributed by atoms with Gasteiger partial charge >= 0.3 is 5.97 Å². The van der Waals surface area contributed by atoms with Crippen molar-refractivity contribution in [3.05, 3.63) is 10.6 Å². The molecule has 3 saturated heterocycles. The number of fused-ring (bicyclic) bond motifs is 1. The Morgan fingerprint density at radius 1 is 1.28 bits per heavy atom. The van der Waals surface area contributed by atoms with Gasteiger partial charge in [0.15, 0.2) is 0 Å². The van der Waals surface area contributed by atoms with E-state index >= 15 is 0 Å². The summed E-state index contributed by atoms with van der Waals surface area (Å²) in [6.07, 6.45) is -0.212. The minimum absolute atomic E-state index is 0.0329. The van der Waals surface area contributed by atoms with Crippen LogP contribution in [-0.2, 0) is 14.4 Å². The summed E-state index contributed by atoms with van der Waals surface area (Å²) in [4.78, 5) is 43.3. The monoisotopic (exact) mass is 465 g/mol. The van der Waals surface area contributed by atoms with Crippen LogP contribution in [-0.4, -0.2) is 105 Å². The number of carbonyl (C=O) groups excluding carboxylic acids is 2. The Hall–Kier alpha value is -2.11. The lowest BCUT2D eigenvalue weighted by Crippen LogP contribution is -2.63. The maximum atomic E-state index is 13.0. The zero-order chi connectivity index (χ0) is 23.5. The van der Waals surface area contributed by atoms with E-state index in [9.17, 15) is 24.6 Å². The fraction of sp³-hybridized carbons (Fsp3) is 0.714. The van der Waals surface area contributed by atoms with Crippen LogP contribution in [0.25, 0.3) is 0 Å². The molecule has 11 heteroatoms. The molecular formula is C21H31N5O5S. The molecule has 0 radical (unpaired) electrons. The first kappa shape index (κ1) is 23.1. The Morgan fingerprint density at radius 2 is 1.94 bits per heavy atom. The van der Waals surface area contributed by atoms with Gasteiger partial charge in [0.2, 0.25) is 11.8 Å². The van der Waals surface area contributed by atoms with Crippen molar-refractivity contribution >= 4 is 35.4 Å². The largest absolute Gasteiger partial charge is 0.477 e. The molecule has 176 valence electrons. The standard InChI is InChI=1S/C21H31N5O5S/c1-9-16-15(10(2)27)20(29)26(16)17(21(30)31)18(9)32-13-5-14(24(4)8-13)19(28)25-6-12(7-25)23-11(3)22/h9-10,12-16,27H,5-8H2,1-4H3,(H2,22,23)(H,30,31)/t9-,10?,13+,14+,15-,16-/m1/s1. The summed E-state index contributed by atoms with van der Waals surface area (Å²) in [5, 5.41) is 30.4. The predicted octanol–water partition coefficient (Wildman–Crippen LogP) is -0.256. The smallest absolute Gasteiger partial charge is 0.353 e. The second-order valence-electron chi connectivity index (χ2n) is 9.41. The number of amidine groups is 1. The zero-order valence-electron chi connectivity index (χ0n) is 18.7. The molecule has 4 aliphatic heterocycles. The van der Waals surface area contributed by atoms with E-state index < -0.39 is 18.0 Å². The molecule has 1 unspecified atom stereocenters. The number of rotatable bonds is 6. The van der Waals surface area contributed by atoms with Crippen molar-refractivity contribution in [3.8, 4) is 0 Å². The molecule has 3 fully saturated rings. The van der Waals surface area contributed by atoms with E-state index in [1.54, 1.807) is 18.7 Å². The summed E-state index contributed by atoms with van der Waals surface area (Å²) >= 11 is 1.46.